The van der Waals surface area contributed by atoms with Crippen molar-refractivity contribution in [2.45, 2.75) is 45.0 Å². The van der Waals surface area contributed by atoms with Crippen LogP contribution in [0, 0.1) is 0 Å². The summed E-state index contributed by atoms with van der Waals surface area (Å²) in [6.45, 7) is 5.34. The van der Waals surface area contributed by atoms with Gasteiger partial charge in [0.25, 0.3) is 0 Å². The summed E-state index contributed by atoms with van der Waals surface area (Å²) in [7, 11) is 0. The summed E-state index contributed by atoms with van der Waals surface area (Å²) in [5.74, 6) is 0. The zero-order valence-electron chi connectivity index (χ0n) is 12.7. The van der Waals surface area contributed by atoms with E-state index in [4.69, 9.17) is 4.74 Å². The molecule has 2 N–H and O–H groups in total. The lowest BCUT2D eigenvalue weighted by molar-refractivity contribution is 0.0479. The molecule has 6 heteroatoms. The molecule has 0 unspecified atom stereocenters. The first-order valence-electron chi connectivity index (χ1n) is 7.18. The van der Waals surface area contributed by atoms with Crippen molar-refractivity contribution in [2.24, 2.45) is 0 Å². The van der Waals surface area contributed by atoms with E-state index in [0.717, 1.165) is 26.6 Å². The number of benzene rings is 1. The van der Waals surface area contributed by atoms with Crippen molar-refractivity contribution in [1.82, 2.24) is 10.3 Å². The third-order valence-corrected chi connectivity index (χ3v) is 4.11. The minimum absolute atomic E-state index is 0.289. The van der Waals surface area contributed by atoms with Gasteiger partial charge in [0.1, 0.15) is 11.8 Å². The van der Waals surface area contributed by atoms with Gasteiger partial charge in [0.2, 0.25) is 0 Å². The van der Waals surface area contributed by atoms with Gasteiger partial charge in [-0.3, -0.25) is 0 Å². The van der Waals surface area contributed by atoms with Crippen molar-refractivity contribution < 1.29 is 13.9 Å². The molecule has 0 saturated carbocycles. The van der Waals surface area contributed by atoms with Gasteiger partial charge in [0.15, 0.2) is 0 Å². The quantitative estimate of drug-likeness (QED) is 0.783. The predicted molar refractivity (Wildman–Crippen MR) is 86.7 cm³/mol. The number of amides is 1. The number of hydrogen-bond donors (Lipinski definition) is 2. The maximum absolute atomic E-state index is 14.4. The molecular formula is C16H18BrFN2O2. The largest absolute Gasteiger partial charge is 0.444 e. The number of alkyl carbamates (subject to hydrolysis) is 1. The fourth-order valence-corrected chi connectivity index (χ4v) is 3.32. The number of rotatable bonds is 1. The van der Waals surface area contributed by atoms with Crippen LogP contribution >= 0.6 is 15.9 Å². The Hall–Kier alpha value is -1.56. The zero-order valence-corrected chi connectivity index (χ0v) is 14.3. The normalized spacial score (nSPS) is 21.0. The van der Waals surface area contributed by atoms with Gasteiger partial charge in [-0.05, 0) is 60.0 Å². The molecule has 1 aromatic heterocycles. The molecule has 22 heavy (non-hydrogen) atoms. The average Bonchev–Trinajstić information content (AvgIpc) is 2.88. The summed E-state index contributed by atoms with van der Waals surface area (Å²) in [4.78, 5) is 15.1. The molecule has 1 aliphatic rings. The van der Waals surface area contributed by atoms with E-state index >= 15 is 0 Å². The number of carbonyl (C=O) groups excluding carboxylic acids is 1. The first kappa shape index (κ1) is 15.3. The molecule has 1 aliphatic carbocycles. The van der Waals surface area contributed by atoms with Crippen molar-refractivity contribution in [1.29, 1.82) is 0 Å². The number of carbonyl (C=O) groups is 1. The van der Waals surface area contributed by atoms with Crippen LogP contribution in [0.15, 0.2) is 22.8 Å². The molecular weight excluding hydrogens is 351 g/mol. The first-order chi connectivity index (χ1) is 10.2. The zero-order chi connectivity index (χ0) is 16.1. The highest BCUT2D eigenvalue weighted by Gasteiger charge is 2.36. The van der Waals surface area contributed by atoms with E-state index in [1.165, 1.54) is 0 Å². The van der Waals surface area contributed by atoms with E-state index in [9.17, 15) is 9.18 Å². The Morgan fingerprint density at radius 3 is 2.86 bits per heavy atom. The summed E-state index contributed by atoms with van der Waals surface area (Å²) in [6.07, 6.45) is -1.46. The van der Waals surface area contributed by atoms with Gasteiger partial charge in [-0.15, -0.1) is 0 Å². The summed E-state index contributed by atoms with van der Waals surface area (Å²) in [5, 5.41) is 3.64. The second-order valence-electron chi connectivity index (χ2n) is 6.56. The Morgan fingerprint density at radius 1 is 1.45 bits per heavy atom. The molecule has 0 aliphatic heterocycles. The maximum Gasteiger partial charge on any atom is 0.408 e. The fraction of sp³-hybridized carbons (Fsp3) is 0.438. The lowest BCUT2D eigenvalue weighted by Gasteiger charge is -2.23. The van der Waals surface area contributed by atoms with E-state index in [0.29, 0.717) is 0 Å². The minimum Gasteiger partial charge on any atom is -0.444 e. The molecule has 3 rings (SSSR count). The smallest absolute Gasteiger partial charge is 0.408 e. The predicted octanol–water partition coefficient (Wildman–Crippen LogP) is 4.39. The van der Waals surface area contributed by atoms with Gasteiger partial charge < -0.3 is 15.0 Å². The Bertz CT molecular complexity index is 736. The minimum atomic E-state index is -1.15. The Kier molecular flexibility index (Phi) is 3.67. The van der Waals surface area contributed by atoms with Crippen molar-refractivity contribution in [2.75, 3.05) is 0 Å². The Balaban J connectivity index is 1.90. The second-order valence-corrected chi connectivity index (χ2v) is 7.41. The van der Waals surface area contributed by atoms with Crippen LogP contribution in [0.4, 0.5) is 9.18 Å². The number of ether oxygens (including phenoxy) is 1. The molecule has 0 bridgehead atoms. The summed E-state index contributed by atoms with van der Waals surface area (Å²) >= 11 is 3.40. The lowest BCUT2D eigenvalue weighted by atomic mass is 10.0. The highest BCUT2D eigenvalue weighted by atomic mass is 79.9. The van der Waals surface area contributed by atoms with Gasteiger partial charge in [-0.2, -0.15) is 0 Å². The monoisotopic (exact) mass is 368 g/mol. The lowest BCUT2D eigenvalue weighted by Crippen LogP contribution is -2.37. The van der Waals surface area contributed by atoms with Crippen LogP contribution in [0.5, 0.6) is 0 Å². The number of H-pyrrole nitrogens is 1. The maximum atomic E-state index is 14.4. The van der Waals surface area contributed by atoms with Crippen molar-refractivity contribution >= 4 is 32.9 Å². The number of nitrogens with one attached hydrogen (secondary N) is 2. The van der Waals surface area contributed by atoms with Gasteiger partial charge in [0, 0.05) is 17.3 Å². The van der Waals surface area contributed by atoms with E-state index in [1.54, 1.807) is 20.8 Å². The fourth-order valence-electron chi connectivity index (χ4n) is 2.88. The van der Waals surface area contributed by atoms with Crippen LogP contribution in [0.1, 0.15) is 37.9 Å². The molecule has 118 valence electrons. The third kappa shape index (κ3) is 2.84. The summed E-state index contributed by atoms with van der Waals surface area (Å²) in [6, 6.07) is 5.04. The van der Waals surface area contributed by atoms with Crippen molar-refractivity contribution in [3.8, 4) is 0 Å². The van der Waals surface area contributed by atoms with E-state index in [2.05, 4.69) is 26.2 Å². The summed E-state index contributed by atoms with van der Waals surface area (Å²) < 4.78 is 20.5. The van der Waals surface area contributed by atoms with Crippen molar-refractivity contribution in [3.63, 3.8) is 0 Å². The number of fused-ring (bicyclic) bond motifs is 3. The highest BCUT2D eigenvalue weighted by molar-refractivity contribution is 9.10. The number of alkyl halides is 1. The first-order valence-corrected chi connectivity index (χ1v) is 7.97. The van der Waals surface area contributed by atoms with E-state index < -0.39 is 23.9 Å². The van der Waals surface area contributed by atoms with Crippen LogP contribution in [-0.2, 0) is 11.2 Å². The number of halogens is 2. The van der Waals surface area contributed by atoms with Crippen LogP contribution in [0.2, 0.25) is 0 Å². The van der Waals surface area contributed by atoms with Crippen LogP contribution in [0.25, 0.3) is 10.9 Å². The second kappa shape index (κ2) is 5.26. The van der Waals surface area contributed by atoms with E-state index in [-0.39, 0.29) is 6.42 Å². The number of hydrogen-bond acceptors (Lipinski definition) is 2. The third-order valence-electron chi connectivity index (χ3n) is 3.69. The number of aromatic amines is 1. The molecule has 1 amide bonds. The molecule has 0 radical (unpaired) electrons. The van der Waals surface area contributed by atoms with E-state index in [1.807, 2.05) is 18.2 Å². The number of aromatic nitrogens is 1. The molecule has 0 saturated heterocycles. The Labute approximate surface area is 136 Å². The molecule has 1 heterocycles. The van der Waals surface area contributed by atoms with Crippen LogP contribution < -0.4 is 5.32 Å². The van der Waals surface area contributed by atoms with Gasteiger partial charge in [-0.1, -0.05) is 6.07 Å². The average molecular weight is 369 g/mol. The SMILES string of the molecule is CC(C)(C)OC(=O)N[C@H]1c2ccc3[nH]c(Br)cc3c2C[C@H]1F. The molecule has 4 nitrogen and oxygen atoms in total. The Morgan fingerprint density at radius 2 is 2.18 bits per heavy atom. The van der Waals surface area contributed by atoms with Crippen LogP contribution in [-0.4, -0.2) is 22.8 Å². The van der Waals surface area contributed by atoms with Gasteiger partial charge >= 0.3 is 6.09 Å². The summed E-state index contributed by atoms with van der Waals surface area (Å²) in [5.41, 5.74) is 2.10. The highest BCUT2D eigenvalue weighted by Crippen LogP contribution is 2.38. The molecule has 0 fully saturated rings. The van der Waals surface area contributed by atoms with Crippen molar-refractivity contribution in [3.05, 3.63) is 33.9 Å². The molecule has 0 spiro atoms. The molecule has 1 aromatic carbocycles. The van der Waals surface area contributed by atoms with Crippen LogP contribution in [0.3, 0.4) is 0 Å². The standard InChI is InChI=1S/C16H18BrFN2O2/c1-16(2,3)22-15(21)20-14-8-4-5-12-10(7-13(17)19-12)9(8)6-11(14)18/h4-5,7,11,14,19H,6H2,1-3H3,(H,20,21)/t11-,14+/m1/s1. The molecule has 2 aromatic rings. The topological polar surface area (TPSA) is 54.1 Å². The van der Waals surface area contributed by atoms with Gasteiger partial charge in [-0.25, -0.2) is 9.18 Å². The van der Waals surface area contributed by atoms with Gasteiger partial charge in [0.05, 0.1) is 10.6 Å². The molecule has 2 atom stereocenters.